The standard InChI is InChI=1S/C11H12N4/c12-6-9-4-5-15(9)11-13-7-8-2-1-3-10(8)14-11/h7,9H,1-5H2. The summed E-state index contributed by atoms with van der Waals surface area (Å²) in [5.74, 6) is 0.744. The van der Waals surface area contributed by atoms with Crippen molar-refractivity contribution in [3.8, 4) is 6.07 Å². The van der Waals surface area contributed by atoms with E-state index in [-0.39, 0.29) is 6.04 Å². The maximum atomic E-state index is 8.86. The first-order valence-electron chi connectivity index (χ1n) is 5.39. The Balaban J connectivity index is 1.91. The van der Waals surface area contributed by atoms with Gasteiger partial charge in [0.1, 0.15) is 6.04 Å². The number of fused-ring (bicyclic) bond motifs is 1. The van der Waals surface area contributed by atoms with Crippen molar-refractivity contribution in [3.05, 3.63) is 17.5 Å². The van der Waals surface area contributed by atoms with Crippen LogP contribution in [0.1, 0.15) is 24.1 Å². The van der Waals surface area contributed by atoms with E-state index >= 15 is 0 Å². The van der Waals surface area contributed by atoms with Crippen LogP contribution in [-0.4, -0.2) is 22.6 Å². The molecule has 2 heterocycles. The Morgan fingerprint density at radius 3 is 3.13 bits per heavy atom. The summed E-state index contributed by atoms with van der Waals surface area (Å²) < 4.78 is 0. The van der Waals surface area contributed by atoms with Crippen LogP contribution in [0.25, 0.3) is 0 Å². The van der Waals surface area contributed by atoms with Crippen LogP contribution in [0.4, 0.5) is 5.95 Å². The van der Waals surface area contributed by atoms with Gasteiger partial charge in [0.2, 0.25) is 5.95 Å². The van der Waals surface area contributed by atoms with Crippen molar-refractivity contribution >= 4 is 5.95 Å². The van der Waals surface area contributed by atoms with E-state index in [9.17, 15) is 0 Å². The number of anilines is 1. The molecule has 1 aliphatic carbocycles. The molecule has 1 unspecified atom stereocenters. The average molecular weight is 200 g/mol. The van der Waals surface area contributed by atoms with Gasteiger partial charge in [-0.05, 0) is 31.2 Å². The number of aromatic nitrogens is 2. The van der Waals surface area contributed by atoms with Gasteiger partial charge in [0.15, 0.2) is 0 Å². The number of hydrogen-bond donors (Lipinski definition) is 0. The van der Waals surface area contributed by atoms with E-state index in [2.05, 4.69) is 16.0 Å². The summed E-state index contributed by atoms with van der Waals surface area (Å²) in [6.45, 7) is 0.914. The van der Waals surface area contributed by atoms with Gasteiger partial charge in [-0.3, -0.25) is 0 Å². The van der Waals surface area contributed by atoms with E-state index in [1.54, 1.807) is 0 Å². The number of hydrogen-bond acceptors (Lipinski definition) is 4. The highest BCUT2D eigenvalue weighted by molar-refractivity contribution is 5.41. The number of rotatable bonds is 1. The molecule has 1 fully saturated rings. The number of nitriles is 1. The van der Waals surface area contributed by atoms with Crippen LogP contribution < -0.4 is 4.90 Å². The summed E-state index contributed by atoms with van der Waals surface area (Å²) in [5, 5.41) is 8.86. The molecule has 76 valence electrons. The topological polar surface area (TPSA) is 52.8 Å². The van der Waals surface area contributed by atoms with Crippen molar-refractivity contribution < 1.29 is 0 Å². The minimum absolute atomic E-state index is 0.00977. The molecule has 2 aliphatic rings. The summed E-state index contributed by atoms with van der Waals surface area (Å²) in [6.07, 6.45) is 6.23. The Bertz CT molecular complexity index is 435. The third-order valence-corrected chi connectivity index (χ3v) is 3.23. The van der Waals surface area contributed by atoms with Crippen molar-refractivity contribution in [2.75, 3.05) is 11.4 Å². The van der Waals surface area contributed by atoms with Gasteiger partial charge >= 0.3 is 0 Å². The summed E-state index contributed by atoms with van der Waals surface area (Å²) in [6, 6.07) is 2.25. The second kappa shape index (κ2) is 3.20. The van der Waals surface area contributed by atoms with Crippen LogP contribution in [0.15, 0.2) is 6.20 Å². The lowest BCUT2D eigenvalue weighted by molar-refractivity contribution is 0.517. The van der Waals surface area contributed by atoms with E-state index in [0.717, 1.165) is 31.8 Å². The molecule has 1 aromatic rings. The van der Waals surface area contributed by atoms with Crippen LogP contribution in [-0.2, 0) is 12.8 Å². The van der Waals surface area contributed by atoms with Crippen molar-refractivity contribution in [2.45, 2.75) is 31.7 Å². The molecule has 4 nitrogen and oxygen atoms in total. The molecule has 0 amide bonds. The Morgan fingerprint density at radius 2 is 2.40 bits per heavy atom. The molecule has 1 aromatic heterocycles. The molecular formula is C11H12N4. The summed E-state index contributed by atoms with van der Waals surface area (Å²) in [7, 11) is 0. The molecule has 4 heteroatoms. The fourth-order valence-electron chi connectivity index (χ4n) is 2.20. The lowest BCUT2D eigenvalue weighted by Gasteiger charge is -2.36. The van der Waals surface area contributed by atoms with Crippen molar-refractivity contribution in [1.82, 2.24) is 9.97 Å². The molecule has 3 rings (SSSR count). The maximum absolute atomic E-state index is 8.86. The molecule has 0 aromatic carbocycles. The quantitative estimate of drug-likeness (QED) is 0.680. The Kier molecular flexibility index (Phi) is 1.84. The Morgan fingerprint density at radius 1 is 1.47 bits per heavy atom. The second-order valence-corrected chi connectivity index (χ2v) is 4.12. The zero-order valence-corrected chi connectivity index (χ0v) is 8.48. The summed E-state index contributed by atoms with van der Waals surface area (Å²) >= 11 is 0. The van der Waals surface area contributed by atoms with Crippen molar-refractivity contribution in [1.29, 1.82) is 5.26 Å². The van der Waals surface area contributed by atoms with E-state index < -0.39 is 0 Å². The first-order chi connectivity index (χ1) is 7.38. The van der Waals surface area contributed by atoms with E-state index in [1.807, 2.05) is 11.1 Å². The summed E-state index contributed by atoms with van der Waals surface area (Å²) in [5.41, 5.74) is 2.47. The van der Waals surface area contributed by atoms with Gasteiger partial charge in [0.05, 0.1) is 6.07 Å². The normalized spacial score (nSPS) is 23.1. The van der Waals surface area contributed by atoms with Crippen LogP contribution in [0.2, 0.25) is 0 Å². The molecule has 15 heavy (non-hydrogen) atoms. The zero-order chi connectivity index (χ0) is 10.3. The molecule has 0 spiro atoms. The first kappa shape index (κ1) is 8.66. The van der Waals surface area contributed by atoms with E-state index in [0.29, 0.717) is 0 Å². The fraction of sp³-hybridized carbons (Fsp3) is 0.545. The van der Waals surface area contributed by atoms with E-state index in [4.69, 9.17) is 5.26 Å². The van der Waals surface area contributed by atoms with Crippen molar-refractivity contribution in [2.24, 2.45) is 0 Å². The Hall–Kier alpha value is -1.63. The lowest BCUT2D eigenvalue weighted by Crippen LogP contribution is -2.47. The second-order valence-electron chi connectivity index (χ2n) is 4.12. The molecule has 0 N–H and O–H groups in total. The van der Waals surface area contributed by atoms with Crippen molar-refractivity contribution in [3.63, 3.8) is 0 Å². The molecule has 0 saturated carbocycles. The Labute approximate surface area is 88.6 Å². The monoisotopic (exact) mass is 200 g/mol. The minimum atomic E-state index is -0.00977. The minimum Gasteiger partial charge on any atom is -0.325 e. The SMILES string of the molecule is N#CC1CCN1c1ncc2c(n1)CCC2. The van der Waals surface area contributed by atoms with Gasteiger partial charge in [0, 0.05) is 18.4 Å². The fourth-order valence-corrected chi connectivity index (χ4v) is 2.20. The molecule has 1 atom stereocenters. The smallest absolute Gasteiger partial charge is 0.226 e. The predicted molar refractivity (Wildman–Crippen MR) is 55.4 cm³/mol. The van der Waals surface area contributed by atoms with Crippen LogP contribution >= 0.6 is 0 Å². The first-order valence-corrected chi connectivity index (χ1v) is 5.39. The van der Waals surface area contributed by atoms with Gasteiger partial charge in [-0.25, -0.2) is 9.97 Å². The molecular weight excluding hydrogens is 188 g/mol. The molecule has 1 aliphatic heterocycles. The lowest BCUT2D eigenvalue weighted by atomic mass is 10.1. The molecule has 1 saturated heterocycles. The highest BCUT2D eigenvalue weighted by atomic mass is 15.3. The maximum Gasteiger partial charge on any atom is 0.226 e. The van der Waals surface area contributed by atoms with Crippen LogP contribution in [0, 0.1) is 11.3 Å². The summed E-state index contributed by atoms with van der Waals surface area (Å²) in [4.78, 5) is 10.9. The third kappa shape index (κ3) is 1.27. The molecule has 0 radical (unpaired) electrons. The van der Waals surface area contributed by atoms with Gasteiger partial charge in [-0.1, -0.05) is 0 Å². The third-order valence-electron chi connectivity index (χ3n) is 3.23. The largest absolute Gasteiger partial charge is 0.325 e. The number of nitrogens with zero attached hydrogens (tertiary/aromatic N) is 4. The predicted octanol–water partition coefficient (Wildman–Crippen LogP) is 1.07. The van der Waals surface area contributed by atoms with Gasteiger partial charge in [0.25, 0.3) is 0 Å². The van der Waals surface area contributed by atoms with Crippen LogP contribution in [0.3, 0.4) is 0 Å². The van der Waals surface area contributed by atoms with E-state index in [1.165, 1.54) is 17.7 Å². The van der Waals surface area contributed by atoms with Gasteiger partial charge < -0.3 is 4.90 Å². The van der Waals surface area contributed by atoms with Gasteiger partial charge in [-0.15, -0.1) is 0 Å². The van der Waals surface area contributed by atoms with Crippen LogP contribution in [0.5, 0.6) is 0 Å². The van der Waals surface area contributed by atoms with Gasteiger partial charge in [-0.2, -0.15) is 5.26 Å². The molecule has 0 bridgehead atoms. The average Bonchev–Trinajstić information content (AvgIpc) is 2.64. The zero-order valence-electron chi connectivity index (χ0n) is 8.48. The number of aryl methyl sites for hydroxylation is 2. The highest BCUT2D eigenvalue weighted by Gasteiger charge is 2.30. The highest BCUT2D eigenvalue weighted by Crippen LogP contribution is 2.26.